The van der Waals surface area contributed by atoms with Crippen molar-refractivity contribution in [1.82, 2.24) is 13.9 Å². The molecule has 13 heteroatoms. The van der Waals surface area contributed by atoms with E-state index in [0.29, 0.717) is 51.8 Å². The van der Waals surface area contributed by atoms with Gasteiger partial charge >= 0.3 is 5.97 Å². The molecule has 0 atom stereocenters. The van der Waals surface area contributed by atoms with Crippen molar-refractivity contribution in [3.63, 3.8) is 0 Å². The van der Waals surface area contributed by atoms with Gasteiger partial charge in [0.2, 0.25) is 0 Å². The zero-order chi connectivity index (χ0) is 29.9. The number of rotatable bonds is 10. The molecule has 0 unspecified atom stereocenters. The first-order valence-corrected chi connectivity index (χ1v) is 13.2. The van der Waals surface area contributed by atoms with E-state index in [2.05, 4.69) is 9.97 Å². The lowest BCUT2D eigenvalue weighted by atomic mass is 10.2. The van der Waals surface area contributed by atoms with Crippen molar-refractivity contribution >= 4 is 33.8 Å². The molecule has 4 rings (SSSR count). The number of para-hydroxylation sites is 2. The van der Waals surface area contributed by atoms with Gasteiger partial charge in [-0.25, -0.2) is 22.2 Å². The largest absolute Gasteiger partial charge is 0.493 e. The van der Waals surface area contributed by atoms with Crippen molar-refractivity contribution in [2.24, 2.45) is 0 Å². The third-order valence-electron chi connectivity index (χ3n) is 5.57. The summed E-state index contributed by atoms with van der Waals surface area (Å²) >= 11 is 0. The summed E-state index contributed by atoms with van der Waals surface area (Å²) in [7, 11) is 0.00767. The molecule has 0 bridgehead atoms. The smallest absolute Gasteiger partial charge is 0.341 e. The normalized spacial score (nSPS) is 10.5. The Morgan fingerprint density at radius 3 is 2.33 bits per heavy atom. The number of methoxy groups -OCH3 is 2. The number of ether oxygens (including phenoxy) is 3. The number of aliphatic hydroxyl groups is 1. The minimum absolute atomic E-state index is 0.0316. The van der Waals surface area contributed by atoms with E-state index in [0.717, 1.165) is 7.11 Å². The summed E-state index contributed by atoms with van der Waals surface area (Å²) < 4.78 is 44.9. The van der Waals surface area contributed by atoms with Crippen molar-refractivity contribution in [2.75, 3.05) is 27.9 Å². The summed E-state index contributed by atoms with van der Waals surface area (Å²) in [5, 5.41) is 15.9. The second-order valence-electron chi connectivity index (χ2n) is 7.89. The van der Waals surface area contributed by atoms with Crippen LogP contribution < -0.4 is 14.2 Å². The number of nitrogens with zero attached hydrogens (tertiary/aromatic N) is 3. The van der Waals surface area contributed by atoms with E-state index >= 15 is 0 Å². The highest BCUT2D eigenvalue weighted by Crippen LogP contribution is 2.31. The maximum atomic E-state index is 13.8. The molecular weight excluding hydrogens is 542 g/mol. The average molecular weight is 574 g/mol. The molecule has 0 aliphatic rings. The standard InChI is InChI=1S/C25H25N3O7S.CH4O.CH2O/c1-16-14-17(8-10-21(16)35-15-24(29)30)36(31,32)28-20-7-5-4-6-18(20)27-23(28)11-9-19-25(34-3)22(33-2)12-13-26-19;2*1-2/h4-8,10,12-14H,9,11,15H2,1-3H3,(H,29,30);2H,1H3;1H2. The summed E-state index contributed by atoms with van der Waals surface area (Å²) in [6, 6.07) is 13.0. The summed E-state index contributed by atoms with van der Waals surface area (Å²) in [5.74, 6) is 0.528. The molecule has 2 aromatic carbocycles. The molecule has 0 amide bonds. The van der Waals surface area contributed by atoms with Gasteiger partial charge in [-0.3, -0.25) is 4.98 Å². The van der Waals surface area contributed by atoms with Crippen LogP contribution in [0.1, 0.15) is 17.1 Å². The maximum absolute atomic E-state index is 13.8. The van der Waals surface area contributed by atoms with Crippen molar-refractivity contribution in [1.29, 1.82) is 0 Å². The lowest BCUT2D eigenvalue weighted by molar-refractivity contribution is -0.139. The number of carboxylic acids is 1. The van der Waals surface area contributed by atoms with Crippen LogP contribution in [0.15, 0.2) is 59.6 Å². The Morgan fingerprint density at radius 1 is 1.00 bits per heavy atom. The molecule has 214 valence electrons. The number of hydrogen-bond donors (Lipinski definition) is 2. The highest BCUT2D eigenvalue weighted by molar-refractivity contribution is 7.90. The summed E-state index contributed by atoms with van der Waals surface area (Å²) in [6.07, 6.45) is 2.23. The van der Waals surface area contributed by atoms with Crippen molar-refractivity contribution < 1.29 is 42.4 Å². The molecule has 0 radical (unpaired) electrons. The van der Waals surface area contributed by atoms with Gasteiger partial charge in [-0.05, 0) is 42.8 Å². The third kappa shape index (κ3) is 6.93. The van der Waals surface area contributed by atoms with E-state index < -0.39 is 22.6 Å². The van der Waals surface area contributed by atoms with Gasteiger partial charge in [0.15, 0.2) is 18.1 Å². The highest BCUT2D eigenvalue weighted by atomic mass is 32.2. The Balaban J connectivity index is 0.00000134. The fourth-order valence-corrected chi connectivity index (χ4v) is 5.53. The lowest BCUT2D eigenvalue weighted by Crippen LogP contribution is -2.17. The first-order chi connectivity index (χ1) is 19.3. The number of carboxylic acid groups (broad SMARTS) is 1. The lowest BCUT2D eigenvalue weighted by Gasteiger charge is -2.14. The van der Waals surface area contributed by atoms with Gasteiger partial charge in [0.1, 0.15) is 18.4 Å². The number of aliphatic hydroxyl groups excluding tert-OH is 1. The van der Waals surface area contributed by atoms with Gasteiger partial charge in [-0.15, -0.1) is 0 Å². The number of aryl methyl sites for hydroxylation is 3. The molecule has 0 saturated carbocycles. The van der Waals surface area contributed by atoms with E-state index in [1.807, 2.05) is 6.79 Å². The minimum Gasteiger partial charge on any atom is -0.493 e. The van der Waals surface area contributed by atoms with Gasteiger partial charge < -0.3 is 29.2 Å². The van der Waals surface area contributed by atoms with Crippen LogP contribution in [0.3, 0.4) is 0 Å². The Labute approximate surface area is 231 Å². The number of pyridine rings is 1. The fraction of sp³-hybridized carbons (Fsp3) is 0.259. The van der Waals surface area contributed by atoms with Crippen molar-refractivity contribution in [2.45, 2.75) is 24.7 Å². The molecule has 2 N–H and O–H groups in total. The molecule has 2 heterocycles. The van der Waals surface area contributed by atoms with Crippen LogP contribution in [0.2, 0.25) is 0 Å². The number of imidazole rings is 1. The second-order valence-corrected chi connectivity index (χ2v) is 9.68. The fourth-order valence-electron chi connectivity index (χ4n) is 3.93. The van der Waals surface area contributed by atoms with Crippen LogP contribution in [-0.4, -0.2) is 73.3 Å². The molecule has 12 nitrogen and oxygen atoms in total. The Hall–Kier alpha value is -4.49. The van der Waals surface area contributed by atoms with Crippen LogP contribution in [0, 0.1) is 6.92 Å². The number of carbonyl (C=O) groups is 2. The molecular formula is C27H31N3O9S. The van der Waals surface area contributed by atoms with E-state index in [4.69, 9.17) is 29.2 Å². The Morgan fingerprint density at radius 2 is 1.70 bits per heavy atom. The van der Waals surface area contributed by atoms with Crippen LogP contribution in [0.5, 0.6) is 17.2 Å². The van der Waals surface area contributed by atoms with Gasteiger partial charge in [0.25, 0.3) is 10.0 Å². The molecule has 40 heavy (non-hydrogen) atoms. The van der Waals surface area contributed by atoms with E-state index in [1.54, 1.807) is 43.5 Å². The summed E-state index contributed by atoms with van der Waals surface area (Å²) in [6.45, 7) is 3.13. The van der Waals surface area contributed by atoms with Crippen LogP contribution in [0.25, 0.3) is 11.0 Å². The Kier molecular flexibility index (Phi) is 11.6. The number of fused-ring (bicyclic) bond motifs is 1. The SMILES string of the molecule is C=O.CO.COc1ccnc(CCc2nc3ccccc3n2S(=O)(=O)c2ccc(OCC(=O)O)c(C)c2)c1OC. The van der Waals surface area contributed by atoms with Crippen molar-refractivity contribution in [3.05, 3.63) is 71.8 Å². The third-order valence-corrected chi connectivity index (χ3v) is 7.31. The van der Waals surface area contributed by atoms with Gasteiger partial charge in [0.05, 0.1) is 35.8 Å². The van der Waals surface area contributed by atoms with Crippen LogP contribution in [0.4, 0.5) is 0 Å². The quantitative estimate of drug-likeness (QED) is 0.286. The minimum atomic E-state index is -4.05. The first-order valence-electron chi connectivity index (χ1n) is 11.7. The molecule has 0 aliphatic heterocycles. The number of aliphatic carboxylic acids is 1. The van der Waals surface area contributed by atoms with Gasteiger partial charge in [-0.1, -0.05) is 12.1 Å². The molecule has 0 spiro atoms. The molecule has 4 aromatic rings. The zero-order valence-electron chi connectivity index (χ0n) is 22.5. The second kappa shape index (κ2) is 14.6. The molecule has 0 saturated heterocycles. The summed E-state index contributed by atoms with van der Waals surface area (Å²) in [5.41, 5.74) is 2.10. The topological polar surface area (TPSA) is 167 Å². The number of carbonyl (C=O) groups excluding carboxylic acids is 1. The monoisotopic (exact) mass is 573 g/mol. The molecule has 2 aromatic heterocycles. The van der Waals surface area contributed by atoms with Crippen LogP contribution in [-0.2, 0) is 32.5 Å². The maximum Gasteiger partial charge on any atom is 0.341 e. The van der Waals surface area contributed by atoms with Gasteiger partial charge in [0, 0.05) is 32.2 Å². The van der Waals surface area contributed by atoms with Crippen LogP contribution >= 0.6 is 0 Å². The first kappa shape index (κ1) is 31.7. The Bertz CT molecular complexity index is 1550. The van der Waals surface area contributed by atoms with Gasteiger partial charge in [-0.2, -0.15) is 0 Å². The summed E-state index contributed by atoms with van der Waals surface area (Å²) in [4.78, 5) is 27.8. The zero-order valence-corrected chi connectivity index (χ0v) is 23.3. The predicted octanol–water partition coefficient (Wildman–Crippen LogP) is 2.67. The predicted molar refractivity (Wildman–Crippen MR) is 147 cm³/mol. The highest BCUT2D eigenvalue weighted by Gasteiger charge is 2.25. The number of hydrogen-bond acceptors (Lipinski definition) is 10. The van der Waals surface area contributed by atoms with E-state index in [9.17, 15) is 13.2 Å². The van der Waals surface area contributed by atoms with E-state index in [1.165, 1.54) is 36.4 Å². The molecule has 0 fully saturated rings. The number of benzene rings is 2. The number of aromatic nitrogens is 3. The van der Waals surface area contributed by atoms with E-state index in [-0.39, 0.29) is 11.3 Å². The van der Waals surface area contributed by atoms with Crippen molar-refractivity contribution in [3.8, 4) is 17.2 Å². The average Bonchev–Trinajstić information content (AvgIpc) is 3.36. The molecule has 0 aliphatic carbocycles.